The summed E-state index contributed by atoms with van der Waals surface area (Å²) in [6.07, 6.45) is 2.51. The second kappa shape index (κ2) is 10.4. The maximum atomic E-state index is 12.9. The number of aromatic nitrogens is 2. The molecule has 1 heterocycles. The Kier molecular flexibility index (Phi) is 7.14. The van der Waals surface area contributed by atoms with E-state index in [2.05, 4.69) is 27.9 Å². The summed E-state index contributed by atoms with van der Waals surface area (Å²) in [7, 11) is 0. The maximum absolute atomic E-state index is 12.9. The van der Waals surface area contributed by atoms with Gasteiger partial charge in [-0.15, -0.1) is 0 Å². The largest absolute Gasteiger partial charge is 0.480 e. The molecule has 1 aliphatic carbocycles. The van der Waals surface area contributed by atoms with Crippen LogP contribution in [0.3, 0.4) is 0 Å². The summed E-state index contributed by atoms with van der Waals surface area (Å²) >= 11 is 0. The molecule has 0 spiro atoms. The number of benzene rings is 2. The maximum Gasteiger partial charge on any atom is 0.407 e. The van der Waals surface area contributed by atoms with Gasteiger partial charge in [0.1, 0.15) is 19.2 Å². The Hall–Kier alpha value is -4.14. The van der Waals surface area contributed by atoms with Crippen molar-refractivity contribution in [2.75, 3.05) is 11.9 Å². The highest BCUT2D eigenvalue weighted by atomic mass is 16.5. The summed E-state index contributed by atoms with van der Waals surface area (Å²) in [5.74, 6) is -1.41. The number of carbonyl (C=O) groups is 3. The van der Waals surface area contributed by atoms with Crippen molar-refractivity contribution in [1.82, 2.24) is 15.1 Å². The van der Waals surface area contributed by atoms with Crippen LogP contribution >= 0.6 is 0 Å². The van der Waals surface area contributed by atoms with Gasteiger partial charge in [0.05, 0.1) is 11.9 Å². The van der Waals surface area contributed by atoms with Gasteiger partial charge in [-0.1, -0.05) is 62.4 Å². The normalized spacial score (nSPS) is 13.1. The zero-order valence-electron chi connectivity index (χ0n) is 19.6. The number of rotatable bonds is 9. The quantitative estimate of drug-likeness (QED) is 0.431. The van der Waals surface area contributed by atoms with Crippen molar-refractivity contribution in [3.05, 3.63) is 72.1 Å². The molecule has 0 unspecified atom stereocenters. The van der Waals surface area contributed by atoms with Crippen LogP contribution in [-0.2, 0) is 20.9 Å². The molecule has 9 nitrogen and oxygen atoms in total. The minimum Gasteiger partial charge on any atom is -0.480 e. The van der Waals surface area contributed by atoms with Gasteiger partial charge in [-0.05, 0) is 34.6 Å². The van der Waals surface area contributed by atoms with E-state index in [4.69, 9.17) is 9.84 Å². The van der Waals surface area contributed by atoms with Crippen LogP contribution in [0.2, 0.25) is 0 Å². The molecule has 1 atom stereocenters. The lowest BCUT2D eigenvalue weighted by Crippen LogP contribution is -2.45. The predicted octanol–water partition coefficient (Wildman–Crippen LogP) is 3.86. The number of anilines is 1. The Morgan fingerprint density at radius 2 is 1.69 bits per heavy atom. The Balaban J connectivity index is 1.40. The second-order valence-electron chi connectivity index (χ2n) is 8.96. The molecule has 4 rings (SSSR count). The van der Waals surface area contributed by atoms with E-state index in [0.29, 0.717) is 12.1 Å². The minimum atomic E-state index is -1.04. The third-order valence-electron chi connectivity index (χ3n) is 5.86. The average molecular weight is 477 g/mol. The Morgan fingerprint density at radius 1 is 1.06 bits per heavy atom. The number of nitrogens with zero attached hydrogens (tertiary/aromatic N) is 2. The predicted molar refractivity (Wildman–Crippen MR) is 130 cm³/mol. The first-order valence-electron chi connectivity index (χ1n) is 11.5. The van der Waals surface area contributed by atoms with Crippen molar-refractivity contribution in [3.8, 4) is 11.1 Å². The highest BCUT2D eigenvalue weighted by Gasteiger charge is 2.30. The van der Waals surface area contributed by atoms with Crippen LogP contribution in [0.15, 0.2) is 60.9 Å². The number of carboxylic acids is 1. The molecule has 2 amide bonds. The zero-order chi connectivity index (χ0) is 24.9. The molecule has 1 aliphatic rings. The monoisotopic (exact) mass is 476 g/mol. The first kappa shape index (κ1) is 24.0. The SMILES string of the molecule is CC(C)C[C@H](NC(=O)OCC1c2ccccc2-c2ccccc21)C(=O)Nc1cnn(CC(=O)O)c1. The molecule has 0 aliphatic heterocycles. The lowest BCUT2D eigenvalue weighted by molar-refractivity contribution is -0.137. The highest BCUT2D eigenvalue weighted by Crippen LogP contribution is 2.44. The third kappa shape index (κ3) is 5.68. The lowest BCUT2D eigenvalue weighted by Gasteiger charge is -2.20. The number of alkyl carbamates (subject to hydrolysis) is 1. The van der Waals surface area contributed by atoms with Crippen molar-refractivity contribution in [2.24, 2.45) is 5.92 Å². The number of nitrogens with one attached hydrogen (secondary N) is 2. The molecule has 0 saturated heterocycles. The fourth-order valence-electron chi connectivity index (χ4n) is 4.37. The van der Waals surface area contributed by atoms with E-state index < -0.39 is 24.0 Å². The highest BCUT2D eigenvalue weighted by molar-refractivity contribution is 5.96. The van der Waals surface area contributed by atoms with Gasteiger partial charge >= 0.3 is 12.1 Å². The van der Waals surface area contributed by atoms with Crippen molar-refractivity contribution in [2.45, 2.75) is 38.8 Å². The summed E-state index contributed by atoms with van der Waals surface area (Å²) in [4.78, 5) is 36.4. The van der Waals surface area contributed by atoms with Gasteiger partial charge in [-0.2, -0.15) is 5.10 Å². The van der Waals surface area contributed by atoms with Crippen LogP contribution in [0.4, 0.5) is 10.5 Å². The van der Waals surface area contributed by atoms with E-state index >= 15 is 0 Å². The van der Waals surface area contributed by atoms with Gasteiger partial charge in [-0.3, -0.25) is 14.3 Å². The van der Waals surface area contributed by atoms with Gasteiger partial charge in [0, 0.05) is 12.1 Å². The van der Waals surface area contributed by atoms with Crippen molar-refractivity contribution < 1.29 is 24.2 Å². The number of carboxylic acid groups (broad SMARTS) is 1. The minimum absolute atomic E-state index is 0.0781. The van der Waals surface area contributed by atoms with Crippen LogP contribution in [0, 0.1) is 5.92 Å². The number of amides is 2. The molecule has 2 aromatic carbocycles. The van der Waals surface area contributed by atoms with Gasteiger partial charge in [0.2, 0.25) is 5.91 Å². The van der Waals surface area contributed by atoms with Crippen molar-refractivity contribution in [1.29, 1.82) is 0 Å². The first-order chi connectivity index (χ1) is 16.8. The van der Waals surface area contributed by atoms with Gasteiger partial charge < -0.3 is 20.5 Å². The molecule has 35 heavy (non-hydrogen) atoms. The molecule has 0 fully saturated rings. The van der Waals surface area contributed by atoms with Crippen LogP contribution in [0.5, 0.6) is 0 Å². The van der Waals surface area contributed by atoms with E-state index in [1.807, 2.05) is 50.2 Å². The molecule has 182 valence electrons. The number of fused-ring (bicyclic) bond motifs is 3. The topological polar surface area (TPSA) is 123 Å². The first-order valence-corrected chi connectivity index (χ1v) is 11.5. The van der Waals surface area contributed by atoms with Crippen LogP contribution in [0.1, 0.15) is 37.3 Å². The zero-order valence-corrected chi connectivity index (χ0v) is 19.6. The van der Waals surface area contributed by atoms with Crippen molar-refractivity contribution >= 4 is 23.7 Å². The Labute approximate surface area is 203 Å². The number of ether oxygens (including phenoxy) is 1. The molecule has 0 bridgehead atoms. The molecule has 0 radical (unpaired) electrons. The fraction of sp³-hybridized carbons (Fsp3) is 0.308. The number of hydrogen-bond acceptors (Lipinski definition) is 5. The van der Waals surface area contributed by atoms with Crippen molar-refractivity contribution in [3.63, 3.8) is 0 Å². The Bertz CT molecular complexity index is 1190. The van der Waals surface area contributed by atoms with Crippen LogP contribution in [0.25, 0.3) is 11.1 Å². The number of aliphatic carboxylic acids is 1. The van der Waals surface area contributed by atoms with E-state index in [9.17, 15) is 14.4 Å². The smallest absolute Gasteiger partial charge is 0.407 e. The number of hydrogen-bond donors (Lipinski definition) is 3. The van der Waals surface area contributed by atoms with Crippen LogP contribution < -0.4 is 10.6 Å². The van der Waals surface area contributed by atoms with E-state index in [0.717, 1.165) is 22.3 Å². The fourth-order valence-corrected chi connectivity index (χ4v) is 4.37. The molecule has 3 aromatic rings. The van der Waals surface area contributed by atoms with Crippen LogP contribution in [-0.4, -0.2) is 45.5 Å². The van der Waals surface area contributed by atoms with E-state index in [1.54, 1.807) is 0 Å². The summed E-state index contributed by atoms with van der Waals surface area (Å²) in [5, 5.41) is 18.2. The lowest BCUT2D eigenvalue weighted by atomic mass is 9.98. The molecule has 0 saturated carbocycles. The molecular formula is C26H28N4O5. The van der Waals surface area contributed by atoms with E-state index in [-0.39, 0.29) is 25.0 Å². The second-order valence-corrected chi connectivity index (χ2v) is 8.96. The van der Waals surface area contributed by atoms with Gasteiger partial charge in [0.15, 0.2) is 0 Å². The molecule has 3 N–H and O–H groups in total. The molecule has 9 heteroatoms. The molecule has 1 aromatic heterocycles. The Morgan fingerprint density at radius 3 is 2.29 bits per heavy atom. The summed E-state index contributed by atoms with van der Waals surface area (Å²) in [6.45, 7) is 3.73. The molecular weight excluding hydrogens is 448 g/mol. The van der Waals surface area contributed by atoms with Gasteiger partial charge in [0.25, 0.3) is 0 Å². The third-order valence-corrected chi connectivity index (χ3v) is 5.86. The standard InChI is InChI=1S/C26H28N4O5/c1-16(2)11-23(25(33)28-17-12-27-30(13-17)14-24(31)32)29-26(34)35-15-22-20-9-5-3-7-18(20)19-8-4-6-10-21(19)22/h3-10,12-13,16,22-23H,11,14-15H2,1-2H3,(H,28,33)(H,29,34)(H,31,32)/t23-/m0/s1. The average Bonchev–Trinajstić information content (AvgIpc) is 3.38. The summed E-state index contributed by atoms with van der Waals surface area (Å²) in [6, 6.07) is 15.3. The van der Waals surface area contributed by atoms with E-state index in [1.165, 1.54) is 17.1 Å². The summed E-state index contributed by atoms with van der Waals surface area (Å²) in [5.41, 5.74) is 4.84. The van der Waals surface area contributed by atoms with Gasteiger partial charge in [-0.25, -0.2) is 4.79 Å². The number of carbonyl (C=O) groups excluding carboxylic acids is 2. The summed E-state index contributed by atoms with van der Waals surface area (Å²) < 4.78 is 6.79.